The first-order valence-corrected chi connectivity index (χ1v) is 9.42. The van der Waals surface area contributed by atoms with Gasteiger partial charge in [0.05, 0.1) is 0 Å². The van der Waals surface area contributed by atoms with Crippen molar-refractivity contribution in [3.05, 3.63) is 83.2 Å². The summed E-state index contributed by atoms with van der Waals surface area (Å²) in [5.74, 6) is 0.385. The molecular formula is C19H16ClF2N3OS. The smallest absolute Gasteiger partial charge is 0.191 e. The van der Waals surface area contributed by atoms with E-state index in [4.69, 9.17) is 16.3 Å². The van der Waals surface area contributed by atoms with Crippen molar-refractivity contribution in [2.24, 2.45) is 0 Å². The highest BCUT2D eigenvalue weighted by atomic mass is 35.5. The van der Waals surface area contributed by atoms with Crippen molar-refractivity contribution in [3.63, 3.8) is 0 Å². The molecule has 0 radical (unpaired) electrons. The second kappa shape index (κ2) is 9.01. The van der Waals surface area contributed by atoms with Crippen LogP contribution < -0.4 is 4.74 Å². The van der Waals surface area contributed by atoms with Crippen LogP contribution >= 0.6 is 23.4 Å². The van der Waals surface area contributed by atoms with Gasteiger partial charge in [0.2, 0.25) is 0 Å². The van der Waals surface area contributed by atoms with Gasteiger partial charge in [0.15, 0.2) is 22.5 Å². The van der Waals surface area contributed by atoms with E-state index in [-0.39, 0.29) is 18.2 Å². The van der Waals surface area contributed by atoms with Gasteiger partial charge in [-0.25, -0.2) is 8.78 Å². The summed E-state index contributed by atoms with van der Waals surface area (Å²) in [5, 5.41) is 9.30. The normalized spacial score (nSPS) is 10.8. The molecule has 0 atom stereocenters. The third-order valence-electron chi connectivity index (χ3n) is 3.67. The minimum absolute atomic E-state index is 0.0691. The quantitative estimate of drug-likeness (QED) is 0.377. The maximum atomic E-state index is 13.7. The van der Waals surface area contributed by atoms with Crippen molar-refractivity contribution in [2.45, 2.75) is 24.1 Å². The number of thioether (sulfide) groups is 1. The number of benzene rings is 2. The van der Waals surface area contributed by atoms with Crippen molar-refractivity contribution < 1.29 is 13.5 Å². The molecule has 0 fully saturated rings. The molecule has 0 amide bonds. The monoisotopic (exact) mass is 407 g/mol. The van der Waals surface area contributed by atoms with Gasteiger partial charge in [-0.1, -0.05) is 47.6 Å². The third kappa shape index (κ3) is 4.87. The molecule has 0 N–H and O–H groups in total. The molecule has 1 heterocycles. The average molecular weight is 408 g/mol. The highest BCUT2D eigenvalue weighted by Gasteiger charge is 2.14. The lowest BCUT2D eigenvalue weighted by Crippen LogP contribution is -2.08. The van der Waals surface area contributed by atoms with Crippen LogP contribution in [-0.4, -0.2) is 14.8 Å². The Morgan fingerprint density at radius 1 is 1.19 bits per heavy atom. The fraction of sp³-hybridized carbons (Fsp3) is 0.158. The predicted molar refractivity (Wildman–Crippen MR) is 102 cm³/mol. The van der Waals surface area contributed by atoms with Gasteiger partial charge in [0.25, 0.3) is 0 Å². The van der Waals surface area contributed by atoms with E-state index in [1.807, 2.05) is 4.57 Å². The molecular weight excluding hydrogens is 392 g/mol. The largest absolute Gasteiger partial charge is 0.483 e. The molecule has 0 aliphatic rings. The van der Waals surface area contributed by atoms with E-state index < -0.39 is 5.82 Å². The molecule has 0 saturated heterocycles. The fourth-order valence-electron chi connectivity index (χ4n) is 2.33. The van der Waals surface area contributed by atoms with Crippen LogP contribution in [0.2, 0.25) is 5.02 Å². The SMILES string of the molecule is C=CCn1c(COc2ccccc2F)nnc1SCc1ccc(F)cc1Cl. The number of allylic oxidation sites excluding steroid dienone is 1. The zero-order valence-corrected chi connectivity index (χ0v) is 15.8. The van der Waals surface area contributed by atoms with Gasteiger partial charge in [-0.05, 0) is 29.8 Å². The van der Waals surface area contributed by atoms with E-state index in [2.05, 4.69) is 16.8 Å². The molecule has 0 aliphatic carbocycles. The molecule has 140 valence electrons. The van der Waals surface area contributed by atoms with Gasteiger partial charge < -0.3 is 4.74 Å². The van der Waals surface area contributed by atoms with Crippen LogP contribution in [0.25, 0.3) is 0 Å². The molecule has 3 rings (SSSR count). The Labute approximate surface area is 164 Å². The number of rotatable bonds is 8. The number of ether oxygens (including phenoxy) is 1. The number of para-hydroxylation sites is 1. The summed E-state index contributed by atoms with van der Waals surface area (Å²) < 4.78 is 34.2. The minimum atomic E-state index is -0.437. The standard InChI is InChI=1S/C19H16ClF2N3OS/c1-2-9-25-18(11-26-17-6-4-3-5-16(17)22)23-24-19(25)27-12-13-7-8-14(21)10-15(13)20/h2-8,10H,1,9,11-12H2. The van der Waals surface area contributed by atoms with Crippen LogP contribution in [0.4, 0.5) is 8.78 Å². The first-order chi connectivity index (χ1) is 13.1. The van der Waals surface area contributed by atoms with Gasteiger partial charge in [0.1, 0.15) is 12.4 Å². The predicted octanol–water partition coefficient (Wildman–Crippen LogP) is 5.27. The second-order valence-electron chi connectivity index (χ2n) is 5.54. The van der Waals surface area contributed by atoms with Gasteiger partial charge in [-0.3, -0.25) is 4.57 Å². The highest BCUT2D eigenvalue weighted by molar-refractivity contribution is 7.98. The summed E-state index contributed by atoms with van der Waals surface area (Å²) in [6, 6.07) is 10.5. The van der Waals surface area contributed by atoms with Crippen LogP contribution in [0.3, 0.4) is 0 Å². The van der Waals surface area contributed by atoms with Gasteiger partial charge in [-0.2, -0.15) is 0 Å². The van der Waals surface area contributed by atoms with Gasteiger partial charge >= 0.3 is 0 Å². The molecule has 0 aliphatic heterocycles. The molecule has 27 heavy (non-hydrogen) atoms. The molecule has 4 nitrogen and oxygen atoms in total. The lowest BCUT2D eigenvalue weighted by molar-refractivity contribution is 0.275. The first-order valence-electron chi connectivity index (χ1n) is 8.05. The van der Waals surface area contributed by atoms with Crippen molar-refractivity contribution in [1.29, 1.82) is 0 Å². The van der Waals surface area contributed by atoms with Crippen LogP contribution in [0, 0.1) is 11.6 Å². The van der Waals surface area contributed by atoms with Crippen molar-refractivity contribution in [2.75, 3.05) is 0 Å². The van der Waals surface area contributed by atoms with Crippen LogP contribution in [0.1, 0.15) is 11.4 Å². The third-order valence-corrected chi connectivity index (χ3v) is 5.04. The fourth-order valence-corrected chi connectivity index (χ4v) is 3.61. The zero-order chi connectivity index (χ0) is 19.2. The molecule has 8 heteroatoms. The first kappa shape index (κ1) is 19.4. The zero-order valence-electron chi connectivity index (χ0n) is 14.2. The number of aromatic nitrogens is 3. The molecule has 0 spiro atoms. The maximum Gasteiger partial charge on any atom is 0.191 e. The maximum absolute atomic E-state index is 13.7. The molecule has 0 bridgehead atoms. The van der Waals surface area contributed by atoms with Crippen LogP contribution in [0.15, 0.2) is 60.3 Å². The summed E-state index contributed by atoms with van der Waals surface area (Å²) in [7, 11) is 0. The minimum Gasteiger partial charge on any atom is -0.483 e. The van der Waals surface area contributed by atoms with E-state index in [1.54, 1.807) is 30.3 Å². The van der Waals surface area contributed by atoms with E-state index >= 15 is 0 Å². The van der Waals surface area contributed by atoms with Crippen LogP contribution in [0.5, 0.6) is 5.75 Å². The Morgan fingerprint density at radius 3 is 2.74 bits per heavy atom. The van der Waals surface area contributed by atoms with Crippen molar-refractivity contribution in [3.8, 4) is 5.75 Å². The molecule has 0 saturated carbocycles. The van der Waals surface area contributed by atoms with E-state index in [9.17, 15) is 8.78 Å². The molecule has 1 aromatic heterocycles. The Balaban J connectivity index is 1.72. The van der Waals surface area contributed by atoms with Crippen molar-refractivity contribution >= 4 is 23.4 Å². The Kier molecular flexibility index (Phi) is 6.47. The van der Waals surface area contributed by atoms with E-state index in [0.29, 0.717) is 28.3 Å². The summed E-state index contributed by atoms with van der Waals surface area (Å²) in [5.41, 5.74) is 0.792. The Hall–Kier alpha value is -2.38. The number of hydrogen-bond donors (Lipinski definition) is 0. The number of nitrogens with zero attached hydrogens (tertiary/aromatic N) is 3. The summed E-state index contributed by atoms with van der Waals surface area (Å²) in [6.07, 6.45) is 1.71. The van der Waals surface area contributed by atoms with Gasteiger partial charge in [0, 0.05) is 17.3 Å². The average Bonchev–Trinajstić information content (AvgIpc) is 3.02. The van der Waals surface area contributed by atoms with Gasteiger partial charge in [-0.15, -0.1) is 16.8 Å². The van der Waals surface area contributed by atoms with E-state index in [0.717, 1.165) is 5.56 Å². The topological polar surface area (TPSA) is 39.9 Å². The van der Waals surface area contributed by atoms with Crippen LogP contribution in [-0.2, 0) is 18.9 Å². The second-order valence-corrected chi connectivity index (χ2v) is 6.89. The lowest BCUT2D eigenvalue weighted by atomic mass is 10.2. The number of halogens is 3. The summed E-state index contributed by atoms with van der Waals surface area (Å²) in [6.45, 7) is 4.29. The Bertz CT molecular complexity index is 948. The van der Waals surface area contributed by atoms with Crippen molar-refractivity contribution in [1.82, 2.24) is 14.8 Å². The molecule has 0 unspecified atom stereocenters. The summed E-state index contributed by atoms with van der Waals surface area (Å²) in [4.78, 5) is 0. The van der Waals surface area contributed by atoms with E-state index in [1.165, 1.54) is 30.0 Å². The lowest BCUT2D eigenvalue weighted by Gasteiger charge is -2.10. The highest BCUT2D eigenvalue weighted by Crippen LogP contribution is 2.27. The summed E-state index contributed by atoms with van der Waals surface area (Å²) >= 11 is 7.48. The molecule has 3 aromatic rings. The number of hydrogen-bond acceptors (Lipinski definition) is 4. The molecule has 2 aromatic carbocycles. The Morgan fingerprint density at radius 2 is 2.00 bits per heavy atom.